The molecule has 0 fully saturated rings. The molecule has 0 aliphatic heterocycles. The Balaban J connectivity index is 1.93. The number of sulfonamides is 1. The molecular weight excluding hydrogens is 378 g/mol. The van der Waals surface area contributed by atoms with E-state index in [0.29, 0.717) is 12.1 Å². The molecule has 2 rings (SSSR count). The first-order valence-electron chi connectivity index (χ1n) is 8.90. The van der Waals surface area contributed by atoms with Crippen molar-refractivity contribution in [3.8, 4) is 0 Å². The summed E-state index contributed by atoms with van der Waals surface area (Å²) in [5.74, 6) is -1.24. The maximum absolute atomic E-state index is 12.2. The molecular formula is C20H25N3O4S. The van der Waals surface area contributed by atoms with Crippen LogP contribution in [-0.2, 0) is 26.0 Å². The summed E-state index contributed by atoms with van der Waals surface area (Å²) in [5, 5.41) is 10.3. The van der Waals surface area contributed by atoms with E-state index in [1.165, 1.54) is 12.1 Å². The summed E-state index contributed by atoms with van der Waals surface area (Å²) < 4.78 is 22.5. The number of hydrogen-bond acceptors (Lipinski definition) is 4. The van der Waals surface area contributed by atoms with Crippen LogP contribution in [0, 0.1) is 6.92 Å². The second-order valence-electron chi connectivity index (χ2n) is 6.84. The van der Waals surface area contributed by atoms with Gasteiger partial charge in [0, 0.05) is 12.2 Å². The molecule has 0 radical (unpaired) electrons. The van der Waals surface area contributed by atoms with E-state index in [-0.39, 0.29) is 17.4 Å². The number of primary sulfonamides is 1. The molecule has 2 aromatic carbocycles. The number of hydrogen-bond donors (Lipinski definition) is 3. The predicted octanol–water partition coefficient (Wildman–Crippen LogP) is 2.06. The highest BCUT2D eigenvalue weighted by molar-refractivity contribution is 7.89. The van der Waals surface area contributed by atoms with Crippen molar-refractivity contribution >= 4 is 27.5 Å². The minimum Gasteiger partial charge on any atom is -0.347 e. The van der Waals surface area contributed by atoms with Gasteiger partial charge in [0.2, 0.25) is 10.0 Å². The van der Waals surface area contributed by atoms with Crippen LogP contribution in [0.1, 0.15) is 36.5 Å². The van der Waals surface area contributed by atoms with Crippen molar-refractivity contribution in [1.82, 2.24) is 5.32 Å². The Bertz CT molecular complexity index is 967. The summed E-state index contributed by atoms with van der Waals surface area (Å²) in [6.07, 6.45) is 0.450. The Morgan fingerprint density at radius 3 is 2.25 bits per heavy atom. The van der Waals surface area contributed by atoms with Gasteiger partial charge < -0.3 is 10.6 Å². The molecule has 150 valence electrons. The summed E-state index contributed by atoms with van der Waals surface area (Å²) in [6.45, 7) is 6.16. The first kappa shape index (κ1) is 21.6. The normalized spacial score (nSPS) is 11.3. The number of anilines is 1. The molecule has 0 aliphatic rings. The van der Waals surface area contributed by atoms with Crippen LogP contribution in [0.2, 0.25) is 0 Å². The highest BCUT2D eigenvalue weighted by Gasteiger charge is 2.17. The lowest BCUT2D eigenvalue weighted by Crippen LogP contribution is -2.36. The SMILES string of the molecule is Cc1cccc(C(C)C)c1NC(=O)C(=O)NCCc1ccc(S(N)(=O)=O)cc1. The molecule has 7 nitrogen and oxygen atoms in total. The Morgan fingerprint density at radius 1 is 1.04 bits per heavy atom. The second kappa shape index (κ2) is 8.99. The zero-order chi connectivity index (χ0) is 20.9. The zero-order valence-corrected chi connectivity index (χ0v) is 17.0. The average molecular weight is 404 g/mol. The number of benzene rings is 2. The van der Waals surface area contributed by atoms with Crippen LogP contribution in [0.25, 0.3) is 0 Å². The molecule has 0 unspecified atom stereocenters. The molecule has 0 aliphatic carbocycles. The Labute approximate surface area is 165 Å². The fourth-order valence-electron chi connectivity index (χ4n) is 2.76. The smallest absolute Gasteiger partial charge is 0.313 e. The lowest BCUT2D eigenvalue weighted by molar-refractivity contribution is -0.136. The summed E-state index contributed by atoms with van der Waals surface area (Å²) in [4.78, 5) is 24.4. The van der Waals surface area contributed by atoms with Gasteiger partial charge in [-0.2, -0.15) is 0 Å². The van der Waals surface area contributed by atoms with Gasteiger partial charge >= 0.3 is 11.8 Å². The van der Waals surface area contributed by atoms with Gasteiger partial charge in [-0.3, -0.25) is 9.59 Å². The van der Waals surface area contributed by atoms with Crippen LogP contribution in [-0.4, -0.2) is 26.8 Å². The van der Waals surface area contributed by atoms with Gasteiger partial charge in [-0.1, -0.05) is 44.2 Å². The molecule has 2 amide bonds. The third kappa shape index (κ3) is 5.64. The van der Waals surface area contributed by atoms with Gasteiger partial charge in [-0.25, -0.2) is 13.6 Å². The highest BCUT2D eigenvalue weighted by atomic mass is 32.2. The fraction of sp³-hybridized carbons (Fsp3) is 0.300. The first-order valence-corrected chi connectivity index (χ1v) is 10.4. The third-order valence-corrected chi connectivity index (χ3v) is 5.25. The largest absolute Gasteiger partial charge is 0.347 e. The summed E-state index contributed by atoms with van der Waals surface area (Å²) in [7, 11) is -3.73. The Morgan fingerprint density at radius 2 is 1.68 bits per heavy atom. The minimum atomic E-state index is -3.73. The third-order valence-electron chi connectivity index (χ3n) is 4.32. The van der Waals surface area contributed by atoms with Gasteiger partial charge in [0.05, 0.1) is 4.90 Å². The van der Waals surface area contributed by atoms with E-state index in [2.05, 4.69) is 10.6 Å². The number of rotatable bonds is 6. The van der Waals surface area contributed by atoms with Crippen molar-refractivity contribution in [3.05, 3.63) is 59.2 Å². The summed E-state index contributed by atoms with van der Waals surface area (Å²) in [5.41, 5.74) is 3.34. The Kier molecular flexibility index (Phi) is 6.93. The molecule has 0 saturated heterocycles. The van der Waals surface area contributed by atoms with E-state index in [1.807, 2.05) is 39.0 Å². The van der Waals surface area contributed by atoms with Crippen molar-refractivity contribution < 1.29 is 18.0 Å². The lowest BCUT2D eigenvalue weighted by Gasteiger charge is -2.16. The minimum absolute atomic E-state index is 0.0267. The molecule has 0 bridgehead atoms. The molecule has 0 spiro atoms. The molecule has 0 heterocycles. The second-order valence-corrected chi connectivity index (χ2v) is 8.40. The van der Waals surface area contributed by atoms with Crippen molar-refractivity contribution in [1.29, 1.82) is 0 Å². The molecule has 0 aromatic heterocycles. The van der Waals surface area contributed by atoms with Crippen molar-refractivity contribution in [2.24, 2.45) is 5.14 Å². The van der Waals surface area contributed by atoms with E-state index >= 15 is 0 Å². The van der Waals surface area contributed by atoms with Gasteiger partial charge in [0.1, 0.15) is 0 Å². The number of aryl methyl sites for hydroxylation is 1. The van der Waals surface area contributed by atoms with Crippen molar-refractivity contribution in [3.63, 3.8) is 0 Å². The van der Waals surface area contributed by atoms with Crippen LogP contribution >= 0.6 is 0 Å². The molecule has 0 atom stereocenters. The average Bonchev–Trinajstić information content (AvgIpc) is 2.62. The van der Waals surface area contributed by atoms with E-state index in [0.717, 1.165) is 16.7 Å². The summed E-state index contributed by atoms with van der Waals surface area (Å²) in [6, 6.07) is 11.8. The Hall–Kier alpha value is -2.71. The molecule has 0 saturated carbocycles. The number of nitrogens with one attached hydrogen (secondary N) is 2. The van der Waals surface area contributed by atoms with Crippen LogP contribution < -0.4 is 15.8 Å². The maximum Gasteiger partial charge on any atom is 0.313 e. The number of nitrogens with two attached hydrogens (primary N) is 1. The monoisotopic (exact) mass is 403 g/mol. The van der Waals surface area contributed by atoms with Crippen molar-refractivity contribution in [2.75, 3.05) is 11.9 Å². The van der Waals surface area contributed by atoms with E-state index in [1.54, 1.807) is 12.1 Å². The van der Waals surface area contributed by atoms with E-state index in [4.69, 9.17) is 5.14 Å². The molecule has 4 N–H and O–H groups in total. The quantitative estimate of drug-likeness (QED) is 0.640. The van der Waals surface area contributed by atoms with Crippen LogP contribution in [0.5, 0.6) is 0 Å². The molecule has 2 aromatic rings. The standard InChI is InChI=1S/C20H25N3O4S/c1-13(2)17-6-4-5-14(3)18(17)23-20(25)19(24)22-12-11-15-7-9-16(10-8-15)28(21,26)27/h4-10,13H,11-12H2,1-3H3,(H,22,24)(H,23,25)(H2,21,26,27). The van der Waals surface area contributed by atoms with E-state index in [9.17, 15) is 18.0 Å². The zero-order valence-electron chi connectivity index (χ0n) is 16.2. The number of para-hydroxylation sites is 1. The molecule has 8 heteroatoms. The molecule has 28 heavy (non-hydrogen) atoms. The fourth-order valence-corrected chi connectivity index (χ4v) is 3.27. The van der Waals surface area contributed by atoms with Crippen LogP contribution in [0.4, 0.5) is 5.69 Å². The van der Waals surface area contributed by atoms with Gasteiger partial charge in [0.15, 0.2) is 0 Å². The summed E-state index contributed by atoms with van der Waals surface area (Å²) >= 11 is 0. The van der Waals surface area contributed by atoms with Gasteiger partial charge in [0.25, 0.3) is 0 Å². The van der Waals surface area contributed by atoms with Crippen LogP contribution in [0.15, 0.2) is 47.4 Å². The first-order chi connectivity index (χ1) is 13.1. The topological polar surface area (TPSA) is 118 Å². The van der Waals surface area contributed by atoms with Crippen LogP contribution in [0.3, 0.4) is 0 Å². The number of amides is 2. The van der Waals surface area contributed by atoms with Gasteiger partial charge in [-0.05, 0) is 48.1 Å². The number of carbonyl (C=O) groups excluding carboxylic acids is 2. The highest BCUT2D eigenvalue weighted by Crippen LogP contribution is 2.27. The predicted molar refractivity (Wildman–Crippen MR) is 108 cm³/mol. The van der Waals surface area contributed by atoms with Gasteiger partial charge in [-0.15, -0.1) is 0 Å². The number of carbonyl (C=O) groups is 2. The maximum atomic E-state index is 12.2. The van der Waals surface area contributed by atoms with E-state index < -0.39 is 21.8 Å². The lowest BCUT2D eigenvalue weighted by atomic mass is 9.98. The van der Waals surface area contributed by atoms with Crippen molar-refractivity contribution in [2.45, 2.75) is 38.0 Å².